The van der Waals surface area contributed by atoms with Crippen LogP contribution in [0.25, 0.3) is 0 Å². The molecule has 1 aliphatic rings. The van der Waals surface area contributed by atoms with Gasteiger partial charge in [0.2, 0.25) is 5.95 Å². The van der Waals surface area contributed by atoms with E-state index in [0.29, 0.717) is 43.8 Å². The predicted octanol–water partition coefficient (Wildman–Crippen LogP) is 4.04. The van der Waals surface area contributed by atoms with Gasteiger partial charge in [0.1, 0.15) is 5.82 Å². The van der Waals surface area contributed by atoms with Crippen molar-refractivity contribution < 1.29 is 17.9 Å². The number of morpholine rings is 1. The zero-order valence-electron chi connectivity index (χ0n) is 13.4. The molecule has 2 aromatic rings. The van der Waals surface area contributed by atoms with Crippen molar-refractivity contribution >= 4 is 29.1 Å². The summed E-state index contributed by atoms with van der Waals surface area (Å²) < 4.78 is 44.0. The van der Waals surface area contributed by atoms with Crippen LogP contribution in [0.5, 0.6) is 0 Å². The van der Waals surface area contributed by atoms with E-state index in [1.807, 2.05) is 4.90 Å². The van der Waals surface area contributed by atoms with E-state index in [-0.39, 0.29) is 10.7 Å². The summed E-state index contributed by atoms with van der Waals surface area (Å²) in [4.78, 5) is 10.7. The van der Waals surface area contributed by atoms with E-state index in [1.54, 1.807) is 13.0 Å². The summed E-state index contributed by atoms with van der Waals surface area (Å²) in [6.45, 7) is 4.28. The van der Waals surface area contributed by atoms with Crippen LogP contribution in [0.2, 0.25) is 5.02 Å². The van der Waals surface area contributed by atoms with Gasteiger partial charge in [-0.2, -0.15) is 18.2 Å². The van der Waals surface area contributed by atoms with Crippen molar-refractivity contribution in [3.05, 3.63) is 40.5 Å². The molecule has 1 aliphatic heterocycles. The van der Waals surface area contributed by atoms with Gasteiger partial charge in [-0.15, -0.1) is 0 Å². The second kappa shape index (κ2) is 7.05. The molecule has 1 aromatic carbocycles. The van der Waals surface area contributed by atoms with Gasteiger partial charge in [-0.3, -0.25) is 0 Å². The maximum absolute atomic E-state index is 12.9. The van der Waals surface area contributed by atoms with Crippen molar-refractivity contribution in [3.8, 4) is 0 Å². The highest BCUT2D eigenvalue weighted by atomic mass is 35.5. The summed E-state index contributed by atoms with van der Waals surface area (Å²) in [6.07, 6.45) is -4.44. The van der Waals surface area contributed by atoms with Crippen LogP contribution in [-0.2, 0) is 10.9 Å². The Labute approximate surface area is 147 Å². The molecule has 134 valence electrons. The van der Waals surface area contributed by atoms with Gasteiger partial charge in [0.05, 0.1) is 29.5 Å². The Kier molecular flexibility index (Phi) is 5.01. The van der Waals surface area contributed by atoms with Gasteiger partial charge >= 0.3 is 6.18 Å². The Balaban J connectivity index is 1.89. The number of benzene rings is 1. The molecule has 0 bridgehead atoms. The van der Waals surface area contributed by atoms with E-state index in [4.69, 9.17) is 16.3 Å². The molecule has 0 aliphatic carbocycles. The number of hydrogen-bond donors (Lipinski definition) is 1. The number of anilines is 3. The number of rotatable bonds is 3. The maximum atomic E-state index is 12.9. The summed E-state index contributed by atoms with van der Waals surface area (Å²) >= 11 is 6.02. The number of halogens is 4. The highest BCUT2D eigenvalue weighted by Gasteiger charge is 2.31. The molecule has 0 atom stereocenters. The lowest BCUT2D eigenvalue weighted by molar-refractivity contribution is -0.137. The third-order valence-electron chi connectivity index (χ3n) is 3.69. The second-order valence-corrected chi connectivity index (χ2v) is 6.02. The Bertz CT molecular complexity index is 764. The van der Waals surface area contributed by atoms with Crippen LogP contribution >= 0.6 is 11.6 Å². The topological polar surface area (TPSA) is 50.3 Å². The largest absolute Gasteiger partial charge is 0.416 e. The lowest BCUT2D eigenvalue weighted by Gasteiger charge is -2.27. The second-order valence-electron chi connectivity index (χ2n) is 5.61. The molecule has 1 aromatic heterocycles. The highest BCUT2D eigenvalue weighted by Crippen LogP contribution is 2.35. The molecule has 0 spiro atoms. The first-order valence-corrected chi connectivity index (χ1v) is 8.03. The van der Waals surface area contributed by atoms with Crippen molar-refractivity contribution in [1.29, 1.82) is 0 Å². The Morgan fingerprint density at radius 2 is 1.88 bits per heavy atom. The fourth-order valence-electron chi connectivity index (χ4n) is 2.46. The van der Waals surface area contributed by atoms with Crippen molar-refractivity contribution in [3.63, 3.8) is 0 Å². The Morgan fingerprint density at radius 1 is 1.16 bits per heavy atom. The molecule has 25 heavy (non-hydrogen) atoms. The first-order chi connectivity index (χ1) is 11.8. The van der Waals surface area contributed by atoms with Crippen LogP contribution in [-0.4, -0.2) is 36.3 Å². The summed E-state index contributed by atoms with van der Waals surface area (Å²) in [5.74, 6) is 0.893. The molecule has 1 N–H and O–H groups in total. The molecular formula is C16H16ClF3N4O. The van der Waals surface area contributed by atoms with Crippen LogP contribution in [0.4, 0.5) is 30.6 Å². The van der Waals surface area contributed by atoms with E-state index in [2.05, 4.69) is 15.3 Å². The number of aromatic nitrogens is 2. The molecule has 1 saturated heterocycles. The monoisotopic (exact) mass is 372 g/mol. The highest BCUT2D eigenvalue weighted by molar-refractivity contribution is 6.33. The van der Waals surface area contributed by atoms with Gasteiger partial charge in [0, 0.05) is 24.8 Å². The number of nitrogens with zero attached hydrogens (tertiary/aromatic N) is 3. The third kappa shape index (κ3) is 4.32. The molecule has 9 heteroatoms. The van der Waals surface area contributed by atoms with Crippen molar-refractivity contribution in [2.24, 2.45) is 0 Å². The van der Waals surface area contributed by atoms with Gasteiger partial charge in [-0.05, 0) is 25.1 Å². The molecule has 0 unspecified atom stereocenters. The summed E-state index contributed by atoms with van der Waals surface area (Å²) in [5.41, 5.74) is 0.0585. The van der Waals surface area contributed by atoms with E-state index < -0.39 is 11.7 Å². The van der Waals surface area contributed by atoms with E-state index >= 15 is 0 Å². The number of aryl methyl sites for hydroxylation is 1. The van der Waals surface area contributed by atoms with Gasteiger partial charge in [-0.1, -0.05) is 11.6 Å². The SMILES string of the molecule is Cc1cc(Nc2cc(C(F)(F)F)ccc2Cl)nc(N2CCOCC2)n1. The van der Waals surface area contributed by atoms with Gasteiger partial charge < -0.3 is 15.0 Å². The number of alkyl halides is 3. The smallest absolute Gasteiger partial charge is 0.378 e. The number of hydrogen-bond acceptors (Lipinski definition) is 5. The van der Waals surface area contributed by atoms with Crippen LogP contribution in [0, 0.1) is 6.92 Å². The van der Waals surface area contributed by atoms with Crippen molar-refractivity contribution in [2.45, 2.75) is 13.1 Å². The average molecular weight is 373 g/mol. The standard InChI is InChI=1S/C16H16ClF3N4O/c1-10-8-14(23-15(21-10)24-4-6-25-7-5-24)22-13-9-11(16(18,19)20)2-3-12(13)17/h2-3,8-9H,4-7H2,1H3,(H,21,22,23). The first-order valence-electron chi connectivity index (χ1n) is 7.65. The minimum absolute atomic E-state index is 0.141. The summed E-state index contributed by atoms with van der Waals surface area (Å²) in [5, 5.41) is 3.04. The van der Waals surface area contributed by atoms with Gasteiger partial charge in [0.25, 0.3) is 0 Å². The number of nitrogens with one attached hydrogen (secondary N) is 1. The molecular weight excluding hydrogens is 357 g/mol. The third-order valence-corrected chi connectivity index (χ3v) is 4.02. The summed E-state index contributed by atoms with van der Waals surface area (Å²) in [6, 6.07) is 4.77. The molecule has 2 heterocycles. The molecule has 0 saturated carbocycles. The lowest BCUT2D eigenvalue weighted by atomic mass is 10.2. The van der Waals surface area contributed by atoms with Crippen LogP contribution in [0.15, 0.2) is 24.3 Å². The van der Waals surface area contributed by atoms with Crippen LogP contribution in [0.3, 0.4) is 0 Å². The van der Waals surface area contributed by atoms with E-state index in [0.717, 1.165) is 12.1 Å². The van der Waals surface area contributed by atoms with Crippen LogP contribution < -0.4 is 10.2 Å². The van der Waals surface area contributed by atoms with Gasteiger partial charge in [0.15, 0.2) is 0 Å². The Hall–Kier alpha value is -2.06. The first kappa shape index (κ1) is 17.8. The summed E-state index contributed by atoms with van der Waals surface area (Å²) in [7, 11) is 0. The molecule has 1 fully saturated rings. The molecule has 0 radical (unpaired) electrons. The average Bonchev–Trinajstić information content (AvgIpc) is 2.56. The van der Waals surface area contributed by atoms with Crippen molar-refractivity contribution in [2.75, 3.05) is 36.5 Å². The zero-order valence-corrected chi connectivity index (χ0v) is 14.2. The fraction of sp³-hybridized carbons (Fsp3) is 0.375. The fourth-order valence-corrected chi connectivity index (χ4v) is 2.62. The molecule has 5 nitrogen and oxygen atoms in total. The van der Waals surface area contributed by atoms with E-state index in [9.17, 15) is 13.2 Å². The van der Waals surface area contributed by atoms with Crippen LogP contribution in [0.1, 0.15) is 11.3 Å². The maximum Gasteiger partial charge on any atom is 0.416 e. The zero-order chi connectivity index (χ0) is 18.0. The van der Waals surface area contributed by atoms with Crippen molar-refractivity contribution in [1.82, 2.24) is 9.97 Å². The van der Waals surface area contributed by atoms with Gasteiger partial charge in [-0.25, -0.2) is 4.98 Å². The Morgan fingerprint density at radius 3 is 2.56 bits per heavy atom. The number of ether oxygens (including phenoxy) is 1. The normalized spacial score (nSPS) is 15.3. The van der Waals surface area contributed by atoms with E-state index in [1.165, 1.54) is 6.07 Å². The lowest BCUT2D eigenvalue weighted by Crippen LogP contribution is -2.37. The molecule has 3 rings (SSSR count). The minimum Gasteiger partial charge on any atom is -0.378 e. The predicted molar refractivity (Wildman–Crippen MR) is 89.5 cm³/mol. The molecule has 0 amide bonds. The minimum atomic E-state index is -4.44. The quantitative estimate of drug-likeness (QED) is 0.881.